The summed E-state index contributed by atoms with van der Waals surface area (Å²) in [4.78, 5) is 7.97. The summed E-state index contributed by atoms with van der Waals surface area (Å²) in [6, 6.07) is 4.68. The molecule has 0 amide bonds. The lowest BCUT2D eigenvalue weighted by Crippen LogP contribution is -2.42. The molecule has 1 heterocycles. The molecule has 1 aromatic heterocycles. The van der Waals surface area contributed by atoms with Crippen LogP contribution in [0.3, 0.4) is 0 Å². The molecule has 0 saturated heterocycles. The highest BCUT2D eigenvalue weighted by Gasteiger charge is 2.15. The average Bonchev–Trinajstić information content (AvgIpc) is 3.08. The Balaban J connectivity index is 0.00000288. The zero-order valence-electron chi connectivity index (χ0n) is 15.0. The van der Waals surface area contributed by atoms with Gasteiger partial charge in [0.2, 0.25) is 0 Å². The molecule has 2 N–H and O–H groups in total. The Kier molecular flexibility index (Phi) is 10.6. The minimum atomic E-state index is 0. The lowest BCUT2D eigenvalue weighted by molar-refractivity contribution is 0.302. The second-order valence-corrected chi connectivity index (χ2v) is 7.21. The third-order valence-electron chi connectivity index (χ3n) is 4.31. The molecule has 4 nitrogen and oxygen atoms in total. The normalized spacial score (nSPS) is 16.3. The number of aliphatic imine (C=N–C) groups is 1. The number of hydrogen-bond acceptors (Lipinski definition) is 3. The summed E-state index contributed by atoms with van der Waals surface area (Å²) in [5.41, 5.74) is 1.60. The van der Waals surface area contributed by atoms with Crippen molar-refractivity contribution in [2.45, 2.75) is 38.1 Å². The number of guanidine groups is 1. The summed E-state index contributed by atoms with van der Waals surface area (Å²) in [7, 11) is 6.08. The zero-order valence-corrected chi connectivity index (χ0v) is 18.2. The molecule has 0 aromatic carbocycles. The molecule has 1 unspecified atom stereocenters. The number of halogens is 1. The number of rotatable bonds is 7. The Morgan fingerprint density at radius 3 is 2.75 bits per heavy atom. The van der Waals surface area contributed by atoms with Gasteiger partial charge in [-0.2, -0.15) is 0 Å². The largest absolute Gasteiger partial charge is 0.356 e. The van der Waals surface area contributed by atoms with Crippen molar-refractivity contribution >= 4 is 41.3 Å². The van der Waals surface area contributed by atoms with Crippen molar-refractivity contribution in [3.8, 4) is 0 Å². The van der Waals surface area contributed by atoms with Crippen LogP contribution in [0.2, 0.25) is 0 Å². The van der Waals surface area contributed by atoms with Gasteiger partial charge in [-0.3, -0.25) is 4.99 Å². The number of nitrogens with zero attached hydrogens (tertiary/aromatic N) is 2. The highest BCUT2D eigenvalue weighted by Crippen LogP contribution is 2.22. The van der Waals surface area contributed by atoms with Gasteiger partial charge in [0.15, 0.2) is 5.96 Å². The molecule has 0 aliphatic heterocycles. The number of thiophene rings is 1. The fourth-order valence-electron chi connectivity index (χ4n) is 2.91. The van der Waals surface area contributed by atoms with E-state index < -0.39 is 0 Å². The number of nitrogens with one attached hydrogen (secondary N) is 2. The van der Waals surface area contributed by atoms with E-state index in [9.17, 15) is 0 Å². The second-order valence-electron chi connectivity index (χ2n) is 6.23. The Morgan fingerprint density at radius 2 is 2.17 bits per heavy atom. The minimum Gasteiger partial charge on any atom is -0.356 e. The topological polar surface area (TPSA) is 39.7 Å². The van der Waals surface area contributed by atoms with Crippen LogP contribution >= 0.6 is 35.3 Å². The third-order valence-corrected chi connectivity index (χ3v) is 5.28. The van der Waals surface area contributed by atoms with Crippen LogP contribution in [-0.4, -0.2) is 45.1 Å². The first kappa shape index (κ1) is 21.4. The van der Waals surface area contributed by atoms with Gasteiger partial charge in [0.1, 0.15) is 0 Å². The van der Waals surface area contributed by atoms with Gasteiger partial charge in [0.05, 0.1) is 6.04 Å². The fraction of sp³-hybridized carbons (Fsp3) is 0.611. The van der Waals surface area contributed by atoms with Crippen LogP contribution in [0.25, 0.3) is 0 Å². The van der Waals surface area contributed by atoms with Gasteiger partial charge in [0, 0.05) is 25.0 Å². The SMILES string of the molecule is CN=C(NCCC1=CCCCC1)NCC(c1cccs1)N(C)C.I. The van der Waals surface area contributed by atoms with Crippen LogP contribution in [0, 0.1) is 0 Å². The predicted molar refractivity (Wildman–Crippen MR) is 117 cm³/mol. The summed E-state index contributed by atoms with van der Waals surface area (Å²) >= 11 is 1.81. The number of allylic oxidation sites excluding steroid dienone is 1. The molecule has 1 aromatic rings. The minimum absolute atomic E-state index is 0. The van der Waals surface area contributed by atoms with Crippen molar-refractivity contribution in [2.24, 2.45) is 4.99 Å². The maximum atomic E-state index is 4.34. The van der Waals surface area contributed by atoms with Crippen molar-refractivity contribution < 1.29 is 0 Å². The van der Waals surface area contributed by atoms with Gasteiger partial charge >= 0.3 is 0 Å². The van der Waals surface area contributed by atoms with Gasteiger partial charge in [-0.15, -0.1) is 35.3 Å². The van der Waals surface area contributed by atoms with Crippen molar-refractivity contribution in [3.63, 3.8) is 0 Å². The zero-order chi connectivity index (χ0) is 16.5. The molecule has 1 atom stereocenters. The van der Waals surface area contributed by atoms with E-state index in [1.165, 1.54) is 30.6 Å². The summed E-state index contributed by atoms with van der Waals surface area (Å²) in [6.07, 6.45) is 8.78. The molecule has 0 radical (unpaired) electrons. The Morgan fingerprint density at radius 1 is 1.33 bits per heavy atom. The van der Waals surface area contributed by atoms with E-state index in [0.29, 0.717) is 6.04 Å². The van der Waals surface area contributed by atoms with E-state index in [1.807, 2.05) is 7.05 Å². The van der Waals surface area contributed by atoms with Crippen LogP contribution in [0.15, 0.2) is 34.2 Å². The molecule has 2 rings (SSSR count). The van der Waals surface area contributed by atoms with E-state index in [4.69, 9.17) is 0 Å². The standard InChI is InChI=1S/C18H30N4S.HI/c1-19-18(20-12-11-15-8-5-4-6-9-15)21-14-16(22(2)3)17-10-7-13-23-17;/h7-8,10,13,16H,4-6,9,11-12,14H2,1-3H3,(H2,19,20,21);1H. The maximum absolute atomic E-state index is 4.34. The highest BCUT2D eigenvalue weighted by molar-refractivity contribution is 14.0. The molecule has 136 valence electrons. The Hall–Kier alpha value is -0.600. The number of likely N-dealkylation sites (N-methyl/N-ethyl adjacent to an activating group) is 1. The predicted octanol–water partition coefficient (Wildman–Crippen LogP) is 4.02. The highest BCUT2D eigenvalue weighted by atomic mass is 127. The Bertz CT molecular complexity index is 511. The van der Waals surface area contributed by atoms with Gasteiger partial charge in [-0.1, -0.05) is 17.7 Å². The van der Waals surface area contributed by atoms with E-state index in [0.717, 1.165) is 25.5 Å². The van der Waals surface area contributed by atoms with Crippen molar-refractivity contribution in [1.29, 1.82) is 0 Å². The lowest BCUT2D eigenvalue weighted by Gasteiger charge is -2.24. The van der Waals surface area contributed by atoms with Crippen molar-refractivity contribution in [3.05, 3.63) is 34.0 Å². The first-order chi connectivity index (χ1) is 11.2. The van der Waals surface area contributed by atoms with E-state index in [2.05, 4.69) is 58.2 Å². The van der Waals surface area contributed by atoms with Crippen molar-refractivity contribution in [2.75, 3.05) is 34.2 Å². The molecular weight excluding hydrogens is 431 g/mol. The van der Waals surface area contributed by atoms with Crippen LogP contribution in [0.4, 0.5) is 0 Å². The molecule has 0 fully saturated rings. The van der Waals surface area contributed by atoms with Crippen molar-refractivity contribution in [1.82, 2.24) is 15.5 Å². The lowest BCUT2D eigenvalue weighted by atomic mass is 9.97. The summed E-state index contributed by atoms with van der Waals surface area (Å²) in [5, 5.41) is 9.04. The van der Waals surface area contributed by atoms with Crippen LogP contribution in [-0.2, 0) is 0 Å². The molecular formula is C18H31IN4S. The fourth-order valence-corrected chi connectivity index (χ4v) is 3.83. The molecule has 0 bridgehead atoms. The molecule has 1 aliphatic rings. The van der Waals surface area contributed by atoms with Gasteiger partial charge in [0.25, 0.3) is 0 Å². The molecule has 24 heavy (non-hydrogen) atoms. The second kappa shape index (κ2) is 11.9. The molecule has 0 spiro atoms. The smallest absolute Gasteiger partial charge is 0.191 e. The van der Waals surface area contributed by atoms with E-state index >= 15 is 0 Å². The quantitative estimate of drug-likeness (QED) is 0.278. The monoisotopic (exact) mass is 462 g/mol. The molecule has 0 saturated carbocycles. The van der Waals surface area contributed by atoms with Crippen LogP contribution in [0.5, 0.6) is 0 Å². The van der Waals surface area contributed by atoms with Crippen LogP contribution < -0.4 is 10.6 Å². The molecule has 1 aliphatic carbocycles. The van der Waals surface area contributed by atoms with Gasteiger partial charge < -0.3 is 15.5 Å². The average molecular weight is 462 g/mol. The maximum Gasteiger partial charge on any atom is 0.191 e. The summed E-state index contributed by atoms with van der Waals surface area (Å²) in [5.74, 6) is 0.893. The third kappa shape index (κ3) is 7.11. The number of hydrogen-bond donors (Lipinski definition) is 2. The van der Waals surface area contributed by atoms with E-state index in [1.54, 1.807) is 16.9 Å². The first-order valence-corrected chi connectivity index (χ1v) is 9.41. The first-order valence-electron chi connectivity index (χ1n) is 8.53. The summed E-state index contributed by atoms with van der Waals surface area (Å²) in [6.45, 7) is 1.81. The molecule has 6 heteroatoms. The van der Waals surface area contributed by atoms with Gasteiger partial charge in [-0.05, 0) is 57.6 Å². The van der Waals surface area contributed by atoms with E-state index in [-0.39, 0.29) is 24.0 Å². The summed E-state index contributed by atoms with van der Waals surface area (Å²) < 4.78 is 0. The van der Waals surface area contributed by atoms with Crippen LogP contribution in [0.1, 0.15) is 43.0 Å². The van der Waals surface area contributed by atoms with Gasteiger partial charge in [-0.25, -0.2) is 0 Å². The Labute approximate surface area is 167 Å².